The number of aromatic nitrogens is 1. The van der Waals surface area contributed by atoms with Gasteiger partial charge in [-0.2, -0.15) is 0 Å². The minimum Gasteiger partial charge on any atom is -0.472 e. The molecular formula is C22H26BrFN4O4. The summed E-state index contributed by atoms with van der Waals surface area (Å²) < 4.78 is 19.8. The molecule has 1 aliphatic heterocycles. The van der Waals surface area contributed by atoms with Crippen molar-refractivity contribution in [3.63, 3.8) is 0 Å². The van der Waals surface area contributed by atoms with E-state index in [1.54, 1.807) is 31.1 Å². The van der Waals surface area contributed by atoms with Gasteiger partial charge in [0.2, 0.25) is 5.88 Å². The van der Waals surface area contributed by atoms with Gasteiger partial charge in [0, 0.05) is 35.9 Å². The number of rotatable bonds is 5. The van der Waals surface area contributed by atoms with Crippen LogP contribution in [0.4, 0.5) is 14.9 Å². The summed E-state index contributed by atoms with van der Waals surface area (Å²) in [7, 11) is 1.63. The van der Waals surface area contributed by atoms with Gasteiger partial charge in [0.25, 0.3) is 5.91 Å². The molecule has 0 radical (unpaired) electrons. The SMILES string of the molecule is C[C@H]1CN([C@@H](C)CO)C(=O)c2cc(Br)cnc2O[C@H]1CN(C)C(=O)Nc1ccc(F)cc1. The van der Waals surface area contributed by atoms with E-state index >= 15 is 0 Å². The minimum absolute atomic E-state index is 0.160. The normalized spacial score (nSPS) is 19.3. The number of carbonyl (C=O) groups excluding carboxylic acids is 2. The van der Waals surface area contributed by atoms with Crippen molar-refractivity contribution in [3.8, 4) is 5.88 Å². The lowest BCUT2D eigenvalue weighted by atomic mass is 10.0. The fourth-order valence-corrected chi connectivity index (χ4v) is 3.73. The molecule has 0 aliphatic carbocycles. The zero-order valence-electron chi connectivity index (χ0n) is 18.1. The van der Waals surface area contributed by atoms with Gasteiger partial charge < -0.3 is 25.0 Å². The monoisotopic (exact) mass is 508 g/mol. The van der Waals surface area contributed by atoms with Crippen molar-refractivity contribution in [2.45, 2.75) is 26.0 Å². The Hall–Kier alpha value is -2.72. The van der Waals surface area contributed by atoms with Gasteiger partial charge in [0.15, 0.2) is 0 Å². The van der Waals surface area contributed by atoms with E-state index in [9.17, 15) is 19.1 Å². The summed E-state index contributed by atoms with van der Waals surface area (Å²) in [5, 5.41) is 12.4. The molecule has 1 aromatic heterocycles. The van der Waals surface area contributed by atoms with Crippen LogP contribution in [0, 0.1) is 11.7 Å². The average Bonchev–Trinajstić information content (AvgIpc) is 2.77. The van der Waals surface area contributed by atoms with Crippen molar-refractivity contribution in [3.05, 3.63) is 52.4 Å². The number of hydrogen-bond acceptors (Lipinski definition) is 5. The third-order valence-corrected chi connectivity index (χ3v) is 5.82. The second kappa shape index (κ2) is 10.3. The van der Waals surface area contributed by atoms with E-state index in [0.29, 0.717) is 16.7 Å². The molecule has 2 N–H and O–H groups in total. The summed E-state index contributed by atoms with van der Waals surface area (Å²) in [6, 6.07) is 6.36. The Labute approximate surface area is 194 Å². The number of ether oxygens (including phenoxy) is 1. The van der Waals surface area contributed by atoms with E-state index < -0.39 is 12.1 Å². The third kappa shape index (κ3) is 5.55. The smallest absolute Gasteiger partial charge is 0.321 e. The number of carbonyl (C=O) groups is 2. The summed E-state index contributed by atoms with van der Waals surface area (Å²) >= 11 is 3.34. The van der Waals surface area contributed by atoms with Crippen LogP contribution in [0.25, 0.3) is 0 Å². The Kier molecular flexibility index (Phi) is 7.68. The van der Waals surface area contributed by atoms with Crippen LogP contribution in [0.15, 0.2) is 41.0 Å². The van der Waals surface area contributed by atoms with Gasteiger partial charge in [-0.1, -0.05) is 6.92 Å². The number of fused-ring (bicyclic) bond motifs is 1. The predicted molar refractivity (Wildman–Crippen MR) is 121 cm³/mol. The Morgan fingerprint density at radius 2 is 2.12 bits per heavy atom. The van der Waals surface area contributed by atoms with Gasteiger partial charge in [0.1, 0.15) is 17.5 Å². The van der Waals surface area contributed by atoms with Crippen LogP contribution in [-0.4, -0.2) is 70.7 Å². The van der Waals surface area contributed by atoms with Crippen LogP contribution >= 0.6 is 15.9 Å². The lowest BCUT2D eigenvalue weighted by molar-refractivity contribution is 0.0356. The van der Waals surface area contributed by atoms with E-state index in [1.165, 1.54) is 29.2 Å². The zero-order chi connectivity index (χ0) is 23.4. The number of nitrogens with one attached hydrogen (secondary N) is 1. The van der Waals surface area contributed by atoms with Crippen LogP contribution in [0.2, 0.25) is 0 Å². The summed E-state index contributed by atoms with van der Waals surface area (Å²) in [5.74, 6) is -0.644. The van der Waals surface area contributed by atoms with Gasteiger partial charge in [-0.25, -0.2) is 14.2 Å². The fourth-order valence-electron chi connectivity index (χ4n) is 3.40. The fraction of sp³-hybridized carbons (Fsp3) is 0.409. The maximum atomic E-state index is 13.1. The number of benzene rings is 1. The topological polar surface area (TPSA) is 95.0 Å². The van der Waals surface area contributed by atoms with Gasteiger partial charge in [0.05, 0.1) is 19.2 Å². The van der Waals surface area contributed by atoms with Gasteiger partial charge in [-0.15, -0.1) is 0 Å². The van der Waals surface area contributed by atoms with Crippen molar-refractivity contribution in [2.75, 3.05) is 32.1 Å². The van der Waals surface area contributed by atoms with E-state index in [-0.39, 0.29) is 48.3 Å². The molecule has 0 bridgehead atoms. The summed E-state index contributed by atoms with van der Waals surface area (Å²) in [4.78, 5) is 33.1. The predicted octanol–water partition coefficient (Wildman–Crippen LogP) is 3.37. The molecule has 0 saturated carbocycles. The van der Waals surface area contributed by atoms with Crippen LogP contribution in [0.1, 0.15) is 24.2 Å². The maximum Gasteiger partial charge on any atom is 0.321 e. The maximum absolute atomic E-state index is 13.1. The first kappa shape index (κ1) is 23.9. The molecule has 2 heterocycles. The standard InChI is InChI=1S/C22H26BrFN4O4/c1-13-10-28(14(2)12-29)21(30)18-8-15(23)9-25-20(18)32-19(13)11-27(3)22(31)26-17-6-4-16(24)5-7-17/h4-9,13-14,19,29H,10-12H2,1-3H3,(H,26,31)/t13-,14-,19-/m0/s1. The van der Waals surface area contributed by atoms with Gasteiger partial charge in [-0.05, 0) is 53.2 Å². The number of aliphatic hydroxyl groups is 1. The van der Waals surface area contributed by atoms with Crippen molar-refractivity contribution in [2.24, 2.45) is 5.92 Å². The summed E-state index contributed by atoms with van der Waals surface area (Å²) in [5.41, 5.74) is 0.760. The van der Waals surface area contributed by atoms with E-state index in [4.69, 9.17) is 4.74 Å². The van der Waals surface area contributed by atoms with Gasteiger partial charge in [-0.3, -0.25) is 4.79 Å². The number of hydrogen-bond donors (Lipinski definition) is 2. The Balaban J connectivity index is 1.81. The van der Waals surface area contributed by atoms with Crippen LogP contribution < -0.4 is 10.1 Å². The first-order chi connectivity index (χ1) is 15.2. The van der Waals surface area contributed by atoms with Crippen LogP contribution in [-0.2, 0) is 0 Å². The number of aliphatic hydroxyl groups excluding tert-OH is 1. The van der Waals surface area contributed by atoms with Crippen molar-refractivity contribution >= 4 is 33.6 Å². The second-order valence-corrected chi connectivity index (χ2v) is 8.86. The second-order valence-electron chi connectivity index (χ2n) is 7.95. The van der Waals surface area contributed by atoms with E-state index in [1.807, 2.05) is 6.92 Å². The molecule has 0 unspecified atom stereocenters. The molecule has 3 atom stereocenters. The molecule has 0 fully saturated rings. The molecule has 10 heteroatoms. The Morgan fingerprint density at radius 3 is 2.78 bits per heavy atom. The number of amides is 3. The largest absolute Gasteiger partial charge is 0.472 e. The molecule has 2 aromatic rings. The summed E-state index contributed by atoms with van der Waals surface area (Å²) in [6.07, 6.45) is 1.08. The lowest BCUT2D eigenvalue weighted by Gasteiger charge is -2.37. The molecule has 0 spiro atoms. The minimum atomic E-state index is -0.465. The number of nitrogens with zero attached hydrogens (tertiary/aromatic N) is 3. The Morgan fingerprint density at radius 1 is 1.44 bits per heavy atom. The molecule has 1 aromatic carbocycles. The number of halogens is 2. The van der Waals surface area contributed by atoms with Crippen LogP contribution in [0.5, 0.6) is 5.88 Å². The van der Waals surface area contributed by atoms with Crippen LogP contribution in [0.3, 0.4) is 0 Å². The molecule has 3 rings (SSSR count). The van der Waals surface area contributed by atoms with Gasteiger partial charge >= 0.3 is 6.03 Å². The number of urea groups is 1. The lowest BCUT2D eigenvalue weighted by Crippen LogP contribution is -2.50. The highest BCUT2D eigenvalue weighted by Crippen LogP contribution is 2.28. The molecule has 32 heavy (non-hydrogen) atoms. The number of anilines is 1. The summed E-state index contributed by atoms with van der Waals surface area (Å²) in [6.45, 7) is 4.08. The van der Waals surface area contributed by atoms with E-state index in [2.05, 4.69) is 26.2 Å². The quantitative estimate of drug-likeness (QED) is 0.645. The Bertz CT molecular complexity index is 975. The van der Waals surface area contributed by atoms with Crippen molar-refractivity contribution in [1.29, 1.82) is 0 Å². The molecule has 1 aliphatic rings. The molecule has 172 valence electrons. The molecule has 8 nitrogen and oxygen atoms in total. The molecule has 0 saturated heterocycles. The molecular weight excluding hydrogens is 483 g/mol. The van der Waals surface area contributed by atoms with Crippen molar-refractivity contribution < 1.29 is 23.8 Å². The zero-order valence-corrected chi connectivity index (χ0v) is 19.7. The third-order valence-electron chi connectivity index (χ3n) is 5.38. The highest BCUT2D eigenvalue weighted by molar-refractivity contribution is 9.10. The highest BCUT2D eigenvalue weighted by Gasteiger charge is 2.34. The first-order valence-corrected chi connectivity index (χ1v) is 11.0. The van der Waals surface area contributed by atoms with E-state index in [0.717, 1.165) is 0 Å². The highest BCUT2D eigenvalue weighted by atomic mass is 79.9. The van der Waals surface area contributed by atoms with Crippen molar-refractivity contribution in [1.82, 2.24) is 14.8 Å². The average molecular weight is 509 g/mol. The number of likely N-dealkylation sites (N-methyl/N-ethyl adjacent to an activating group) is 1. The first-order valence-electron chi connectivity index (χ1n) is 10.2. The number of pyridine rings is 1. The molecule has 3 amide bonds.